The van der Waals surface area contributed by atoms with Gasteiger partial charge in [0.25, 0.3) is 11.6 Å². The number of hydrazone groups is 1. The van der Waals surface area contributed by atoms with Gasteiger partial charge >= 0.3 is 0 Å². The molecule has 2 aromatic rings. The van der Waals surface area contributed by atoms with Gasteiger partial charge in [0.15, 0.2) is 0 Å². The van der Waals surface area contributed by atoms with E-state index in [1.165, 1.54) is 18.3 Å². The molecule has 3 N–H and O–H groups in total. The van der Waals surface area contributed by atoms with Gasteiger partial charge in [0.05, 0.1) is 16.7 Å². The van der Waals surface area contributed by atoms with Crippen LogP contribution in [0.25, 0.3) is 0 Å². The van der Waals surface area contributed by atoms with Crippen LogP contribution < -0.4 is 11.2 Å². The summed E-state index contributed by atoms with van der Waals surface area (Å²) >= 11 is 0. The zero-order valence-corrected chi connectivity index (χ0v) is 11.8. The zero-order chi connectivity index (χ0) is 16.1. The van der Waals surface area contributed by atoms with Gasteiger partial charge in [0.2, 0.25) is 0 Å². The van der Waals surface area contributed by atoms with Crippen molar-refractivity contribution in [3.8, 4) is 0 Å². The highest BCUT2D eigenvalue weighted by Crippen LogP contribution is 2.18. The Balaban J connectivity index is 2.09. The Labute approximate surface area is 126 Å². The summed E-state index contributed by atoms with van der Waals surface area (Å²) in [6.07, 6.45) is 1.48. The third-order valence-corrected chi connectivity index (χ3v) is 2.87. The Morgan fingerprint density at radius 2 is 1.95 bits per heavy atom. The Hall–Kier alpha value is -3.22. The number of carbonyl (C=O) groups is 1. The van der Waals surface area contributed by atoms with Gasteiger partial charge in [0, 0.05) is 17.8 Å². The molecule has 1 amide bonds. The van der Waals surface area contributed by atoms with Crippen molar-refractivity contribution in [3.63, 3.8) is 0 Å². The first-order chi connectivity index (χ1) is 10.5. The molecule has 0 aliphatic carbocycles. The van der Waals surface area contributed by atoms with E-state index < -0.39 is 10.8 Å². The SMILES string of the molecule is Cc1ccc(/C=N/NC(=O)c2cc(N)cc([N+](=O)[O-])c2)cc1. The lowest BCUT2D eigenvalue weighted by Gasteiger charge is -2.02. The lowest BCUT2D eigenvalue weighted by atomic mass is 10.1. The molecule has 2 rings (SSSR count). The second kappa shape index (κ2) is 6.49. The summed E-state index contributed by atoms with van der Waals surface area (Å²) in [6.45, 7) is 1.97. The van der Waals surface area contributed by atoms with Crippen molar-refractivity contribution >= 4 is 23.5 Å². The average molecular weight is 298 g/mol. The first-order valence-corrected chi connectivity index (χ1v) is 6.41. The summed E-state index contributed by atoms with van der Waals surface area (Å²) in [7, 11) is 0. The fourth-order valence-corrected chi connectivity index (χ4v) is 1.75. The molecule has 0 bridgehead atoms. The van der Waals surface area contributed by atoms with Gasteiger partial charge in [-0.3, -0.25) is 14.9 Å². The van der Waals surface area contributed by atoms with Crippen LogP contribution in [0.15, 0.2) is 47.6 Å². The number of nitrogens with zero attached hydrogens (tertiary/aromatic N) is 2. The lowest BCUT2D eigenvalue weighted by Crippen LogP contribution is -2.18. The summed E-state index contributed by atoms with van der Waals surface area (Å²) in [6, 6.07) is 11.2. The number of nitro groups is 1. The van der Waals surface area contributed by atoms with Crippen molar-refractivity contribution in [1.29, 1.82) is 0 Å². The first-order valence-electron chi connectivity index (χ1n) is 6.41. The van der Waals surface area contributed by atoms with E-state index in [1.807, 2.05) is 31.2 Å². The Morgan fingerprint density at radius 3 is 2.59 bits per heavy atom. The minimum Gasteiger partial charge on any atom is -0.399 e. The van der Waals surface area contributed by atoms with E-state index in [2.05, 4.69) is 10.5 Å². The molecule has 0 aromatic heterocycles. The Kier molecular flexibility index (Phi) is 4.47. The number of nitrogens with one attached hydrogen (secondary N) is 1. The number of hydrogen-bond acceptors (Lipinski definition) is 5. The molecule has 7 heteroatoms. The Morgan fingerprint density at radius 1 is 1.27 bits per heavy atom. The molecule has 0 aliphatic heterocycles. The van der Waals surface area contributed by atoms with Gasteiger partial charge in [-0.2, -0.15) is 5.10 Å². The lowest BCUT2D eigenvalue weighted by molar-refractivity contribution is -0.384. The maximum absolute atomic E-state index is 11.9. The van der Waals surface area contributed by atoms with Crippen LogP contribution in [-0.2, 0) is 0 Å². The van der Waals surface area contributed by atoms with Gasteiger partial charge in [-0.15, -0.1) is 0 Å². The normalized spacial score (nSPS) is 10.6. The molecule has 0 fully saturated rings. The predicted octanol–water partition coefficient (Wildman–Crippen LogP) is 2.25. The fourth-order valence-electron chi connectivity index (χ4n) is 1.75. The third kappa shape index (κ3) is 3.89. The van der Waals surface area contributed by atoms with Gasteiger partial charge in [-0.1, -0.05) is 29.8 Å². The number of carbonyl (C=O) groups excluding carboxylic acids is 1. The number of amides is 1. The minimum absolute atomic E-state index is 0.0766. The number of anilines is 1. The van der Waals surface area contributed by atoms with E-state index in [0.29, 0.717) is 0 Å². The van der Waals surface area contributed by atoms with Crippen LogP contribution in [-0.4, -0.2) is 17.0 Å². The first kappa shape index (κ1) is 15.2. The van der Waals surface area contributed by atoms with Crippen molar-refractivity contribution in [1.82, 2.24) is 5.43 Å². The molecule has 0 spiro atoms. The van der Waals surface area contributed by atoms with E-state index in [9.17, 15) is 14.9 Å². The molecule has 0 saturated carbocycles. The number of hydrogen-bond donors (Lipinski definition) is 2. The van der Waals surface area contributed by atoms with Crippen molar-refractivity contribution in [2.24, 2.45) is 5.10 Å². The number of benzene rings is 2. The van der Waals surface area contributed by atoms with Crippen LogP contribution in [0.1, 0.15) is 21.5 Å². The molecule has 22 heavy (non-hydrogen) atoms. The molecule has 0 saturated heterocycles. The quantitative estimate of drug-likeness (QED) is 0.390. The maximum Gasteiger partial charge on any atom is 0.272 e. The maximum atomic E-state index is 11.9. The van der Waals surface area contributed by atoms with Crippen molar-refractivity contribution in [2.75, 3.05) is 5.73 Å². The standard InChI is InChI=1S/C15H14N4O3/c1-10-2-4-11(5-3-10)9-17-18-15(20)12-6-13(16)8-14(7-12)19(21)22/h2-9H,16H2,1H3,(H,18,20)/b17-9+. The van der Waals surface area contributed by atoms with E-state index in [1.54, 1.807) is 0 Å². The van der Waals surface area contributed by atoms with Crippen molar-refractivity contribution in [2.45, 2.75) is 6.92 Å². The molecular weight excluding hydrogens is 284 g/mol. The molecule has 112 valence electrons. The van der Waals surface area contributed by atoms with Crippen LogP contribution in [0.2, 0.25) is 0 Å². The predicted molar refractivity (Wildman–Crippen MR) is 83.7 cm³/mol. The average Bonchev–Trinajstić information content (AvgIpc) is 2.48. The molecule has 7 nitrogen and oxygen atoms in total. The van der Waals surface area contributed by atoms with Crippen LogP contribution in [0.3, 0.4) is 0 Å². The second-order valence-corrected chi connectivity index (χ2v) is 4.68. The monoisotopic (exact) mass is 298 g/mol. The highest BCUT2D eigenvalue weighted by Gasteiger charge is 2.13. The summed E-state index contributed by atoms with van der Waals surface area (Å²) in [5.74, 6) is -0.571. The fraction of sp³-hybridized carbons (Fsp3) is 0.0667. The van der Waals surface area contributed by atoms with Crippen LogP contribution in [0, 0.1) is 17.0 Å². The topological polar surface area (TPSA) is 111 Å². The number of non-ortho nitro benzene ring substituents is 1. The van der Waals surface area contributed by atoms with Gasteiger partial charge < -0.3 is 5.73 Å². The third-order valence-electron chi connectivity index (χ3n) is 2.87. The highest BCUT2D eigenvalue weighted by molar-refractivity contribution is 5.96. The summed E-state index contributed by atoms with van der Waals surface area (Å²) in [4.78, 5) is 22.0. The molecule has 0 aliphatic rings. The van der Waals surface area contributed by atoms with Crippen molar-refractivity contribution in [3.05, 3.63) is 69.3 Å². The van der Waals surface area contributed by atoms with E-state index in [0.717, 1.165) is 17.2 Å². The van der Waals surface area contributed by atoms with E-state index >= 15 is 0 Å². The second-order valence-electron chi connectivity index (χ2n) is 4.68. The number of rotatable bonds is 4. The van der Waals surface area contributed by atoms with Gasteiger partial charge in [0.1, 0.15) is 0 Å². The number of nitrogen functional groups attached to an aromatic ring is 1. The van der Waals surface area contributed by atoms with E-state index in [4.69, 9.17) is 5.73 Å². The number of nitro benzene ring substituents is 1. The Bertz CT molecular complexity index is 739. The van der Waals surface area contributed by atoms with Gasteiger partial charge in [-0.05, 0) is 18.6 Å². The summed E-state index contributed by atoms with van der Waals surface area (Å²) in [5, 5.41) is 14.6. The molecule has 0 unspecified atom stereocenters. The molecular formula is C15H14N4O3. The summed E-state index contributed by atoms with van der Waals surface area (Å²) in [5.41, 5.74) is 9.77. The highest BCUT2D eigenvalue weighted by atomic mass is 16.6. The molecule has 0 heterocycles. The van der Waals surface area contributed by atoms with Crippen LogP contribution in [0.4, 0.5) is 11.4 Å². The zero-order valence-electron chi connectivity index (χ0n) is 11.8. The molecule has 0 radical (unpaired) electrons. The number of aryl methyl sites for hydroxylation is 1. The molecule has 0 atom stereocenters. The van der Waals surface area contributed by atoms with Gasteiger partial charge in [-0.25, -0.2) is 5.43 Å². The smallest absolute Gasteiger partial charge is 0.272 e. The summed E-state index contributed by atoms with van der Waals surface area (Å²) < 4.78 is 0. The minimum atomic E-state index is -0.608. The number of nitrogens with two attached hydrogens (primary N) is 1. The largest absolute Gasteiger partial charge is 0.399 e. The van der Waals surface area contributed by atoms with Crippen LogP contribution >= 0.6 is 0 Å². The molecule has 2 aromatic carbocycles. The van der Waals surface area contributed by atoms with Crippen molar-refractivity contribution < 1.29 is 9.72 Å². The van der Waals surface area contributed by atoms with E-state index in [-0.39, 0.29) is 16.9 Å². The van der Waals surface area contributed by atoms with Crippen LogP contribution in [0.5, 0.6) is 0 Å².